The largest absolute Gasteiger partial charge is 0.472 e. The van der Waals surface area contributed by atoms with Gasteiger partial charge in [-0.25, -0.2) is 13.0 Å². The fraction of sp³-hybridized carbons (Fsp3) is 0.400. The zero-order valence-electron chi connectivity index (χ0n) is 13.9. The molecule has 1 aliphatic rings. The van der Waals surface area contributed by atoms with E-state index in [0.717, 1.165) is 25.1 Å². The van der Waals surface area contributed by atoms with Crippen molar-refractivity contribution in [2.24, 2.45) is 5.16 Å². The Hall–Kier alpha value is -2.17. The molecule has 5 nitrogen and oxygen atoms in total. The lowest BCUT2D eigenvalue weighted by Gasteiger charge is -2.19. The number of oxime groups is 1. The second-order valence-electron chi connectivity index (χ2n) is 6.15. The number of carbonyl (C=O) groups excluding carboxylic acids is 1. The van der Waals surface area contributed by atoms with Crippen LogP contribution in [0.3, 0.4) is 0 Å². The highest BCUT2D eigenvalue weighted by Crippen LogP contribution is 2.27. The van der Waals surface area contributed by atoms with Crippen LogP contribution in [0.1, 0.15) is 32.8 Å². The van der Waals surface area contributed by atoms with Gasteiger partial charge in [0.15, 0.2) is 5.04 Å². The molecule has 0 fully saturated rings. The molecule has 1 unspecified atom stereocenters. The first-order chi connectivity index (χ1) is 11.8. The molecular formula is C15H15F5N2O3S. The number of carbonyl (C=O) groups is 1. The van der Waals surface area contributed by atoms with Crippen molar-refractivity contribution < 1.29 is 35.8 Å². The van der Waals surface area contributed by atoms with E-state index in [-0.39, 0.29) is 6.42 Å². The zero-order valence-corrected chi connectivity index (χ0v) is 14.7. The molecule has 1 aromatic carbocycles. The normalized spacial score (nSPS) is 18.5. The number of benzene rings is 1. The minimum Gasteiger partial charge on any atom is -0.389 e. The molecule has 0 bridgehead atoms. The first kappa shape index (κ1) is 20.1. The molecule has 1 heterocycles. The topological polar surface area (TPSA) is 67.8 Å². The number of halogens is 5. The van der Waals surface area contributed by atoms with Gasteiger partial charge in [0.1, 0.15) is 26.9 Å². The van der Waals surface area contributed by atoms with Crippen molar-refractivity contribution in [1.29, 1.82) is 0 Å². The van der Waals surface area contributed by atoms with E-state index in [4.69, 9.17) is 4.84 Å². The summed E-state index contributed by atoms with van der Waals surface area (Å²) in [5.41, 5.74) is -1.80. The van der Waals surface area contributed by atoms with E-state index in [1.54, 1.807) is 0 Å². The van der Waals surface area contributed by atoms with Crippen LogP contribution in [0.5, 0.6) is 0 Å². The third-order valence-electron chi connectivity index (χ3n) is 3.54. The minimum absolute atomic E-state index is 0.211. The third-order valence-corrected chi connectivity index (χ3v) is 5.97. The number of nitrogens with zero attached hydrogens (tertiary/aromatic N) is 1. The van der Waals surface area contributed by atoms with Gasteiger partial charge in [-0.2, -0.15) is 13.2 Å². The number of alkyl halides is 3. The van der Waals surface area contributed by atoms with Gasteiger partial charge in [-0.05, 0) is 32.9 Å². The maximum Gasteiger partial charge on any atom is 0.472 e. The van der Waals surface area contributed by atoms with Crippen LogP contribution in [0.15, 0.2) is 23.4 Å². The van der Waals surface area contributed by atoms with E-state index in [9.17, 15) is 31.0 Å². The molecule has 1 atom stereocenters. The van der Waals surface area contributed by atoms with E-state index in [2.05, 4.69) is 5.16 Å². The lowest BCUT2D eigenvalue weighted by Crippen LogP contribution is -2.46. The Morgan fingerprint density at radius 2 is 1.81 bits per heavy atom. The number of nitrogens with one attached hydrogen (secondary N) is 1. The van der Waals surface area contributed by atoms with Crippen LogP contribution >= 0.6 is 0 Å². The van der Waals surface area contributed by atoms with Crippen LogP contribution in [-0.4, -0.2) is 31.8 Å². The molecular weight excluding hydrogens is 383 g/mol. The fourth-order valence-electron chi connectivity index (χ4n) is 2.24. The predicted molar refractivity (Wildman–Crippen MR) is 85.7 cm³/mol. The Labute approximate surface area is 146 Å². The molecule has 1 amide bonds. The summed E-state index contributed by atoms with van der Waals surface area (Å²) in [5, 5.41) is 3.05. The van der Waals surface area contributed by atoms with Gasteiger partial charge in [-0.1, -0.05) is 11.2 Å². The number of hydrogen-bond donors (Lipinski definition) is 1. The molecule has 1 aliphatic heterocycles. The van der Waals surface area contributed by atoms with Crippen LogP contribution in [0, 0.1) is 11.6 Å². The summed E-state index contributed by atoms with van der Waals surface area (Å²) in [6.45, 7) is 4.01. The standard InChI is InChI=1S/C15H15F5N2O3S/c1-8(12-9(16)5-4-6-10(12)17)26(24,22-13(23)15(18,19)20)11-7-14(2,3)25-21-11/h4-6H,7H2,1-3H3,(H,22,23,24). The molecule has 26 heavy (non-hydrogen) atoms. The van der Waals surface area contributed by atoms with Crippen molar-refractivity contribution in [2.45, 2.75) is 39.0 Å². The van der Waals surface area contributed by atoms with E-state index in [1.165, 1.54) is 18.6 Å². The van der Waals surface area contributed by atoms with Crippen LogP contribution in [0.4, 0.5) is 22.0 Å². The van der Waals surface area contributed by atoms with E-state index in [1.807, 2.05) is 0 Å². The second kappa shape index (κ2) is 6.53. The predicted octanol–water partition coefficient (Wildman–Crippen LogP) is 2.90. The minimum atomic E-state index is -5.35. The molecule has 1 N–H and O–H groups in total. The van der Waals surface area contributed by atoms with E-state index >= 15 is 0 Å². The summed E-state index contributed by atoms with van der Waals surface area (Å²) in [5.74, 6) is -4.81. The van der Waals surface area contributed by atoms with Gasteiger partial charge in [-0.3, -0.25) is 9.52 Å². The Kier molecular flexibility index (Phi) is 5.06. The third kappa shape index (κ3) is 3.81. The first-order valence-electron chi connectivity index (χ1n) is 7.24. The molecule has 0 aliphatic carbocycles. The van der Waals surface area contributed by atoms with Crippen LogP contribution in [0.2, 0.25) is 0 Å². The quantitative estimate of drug-likeness (QED) is 0.449. The molecule has 0 spiro atoms. The van der Waals surface area contributed by atoms with Crippen molar-refractivity contribution >= 4 is 25.5 Å². The van der Waals surface area contributed by atoms with Crippen molar-refractivity contribution in [3.05, 3.63) is 35.4 Å². The Balaban J connectivity index is 2.72. The van der Waals surface area contributed by atoms with Crippen LogP contribution in [0.25, 0.3) is 0 Å². The first-order valence-corrected chi connectivity index (χ1v) is 8.80. The lowest BCUT2D eigenvalue weighted by atomic mass is 10.1. The van der Waals surface area contributed by atoms with Crippen molar-refractivity contribution in [2.75, 3.05) is 0 Å². The molecule has 11 heteroatoms. The highest BCUT2D eigenvalue weighted by atomic mass is 32.2. The zero-order chi connectivity index (χ0) is 19.9. The number of hydrogen-bond acceptors (Lipinski definition) is 4. The second-order valence-corrected chi connectivity index (χ2v) is 8.55. The van der Waals surface area contributed by atoms with Gasteiger partial charge in [0.2, 0.25) is 0 Å². The average molecular weight is 398 g/mol. The van der Waals surface area contributed by atoms with Gasteiger partial charge in [0.25, 0.3) is 0 Å². The Morgan fingerprint density at radius 1 is 1.27 bits per heavy atom. The number of amides is 1. The van der Waals surface area contributed by atoms with Crippen molar-refractivity contribution in [3.8, 4) is 0 Å². The number of rotatable bonds is 1. The van der Waals surface area contributed by atoms with Crippen LogP contribution in [-0.2, 0) is 19.3 Å². The molecule has 0 saturated heterocycles. The molecule has 144 valence electrons. The maximum absolute atomic E-state index is 14.0. The summed E-state index contributed by atoms with van der Waals surface area (Å²) < 4.78 is 80.8. The van der Waals surface area contributed by atoms with E-state index in [0.29, 0.717) is 0 Å². The highest BCUT2D eigenvalue weighted by Gasteiger charge is 2.44. The summed E-state index contributed by atoms with van der Waals surface area (Å²) in [7, 11) is -4.26. The Bertz CT molecular complexity index is 879. The van der Waals surface area contributed by atoms with Gasteiger partial charge < -0.3 is 4.84 Å². The lowest BCUT2D eigenvalue weighted by molar-refractivity contribution is -0.171. The highest BCUT2D eigenvalue weighted by molar-refractivity contribution is 8.14. The van der Waals surface area contributed by atoms with Crippen molar-refractivity contribution in [1.82, 2.24) is 4.72 Å². The maximum atomic E-state index is 14.0. The van der Waals surface area contributed by atoms with E-state index < -0.39 is 54.5 Å². The molecule has 0 saturated carbocycles. The molecule has 2 rings (SSSR count). The van der Waals surface area contributed by atoms with Gasteiger partial charge in [-0.15, -0.1) is 0 Å². The molecule has 0 radical (unpaired) electrons. The smallest absolute Gasteiger partial charge is 0.389 e. The average Bonchev–Trinajstić information content (AvgIpc) is 2.86. The fourth-order valence-corrected chi connectivity index (χ4v) is 4.41. The monoisotopic (exact) mass is 398 g/mol. The van der Waals surface area contributed by atoms with Crippen LogP contribution < -0.4 is 4.72 Å². The summed E-state index contributed by atoms with van der Waals surface area (Å²) in [6.07, 6.45) is -5.57. The summed E-state index contributed by atoms with van der Waals surface area (Å²) >= 11 is 0. The van der Waals surface area contributed by atoms with Gasteiger partial charge in [0, 0.05) is 11.3 Å². The molecule has 0 aromatic heterocycles. The van der Waals surface area contributed by atoms with Crippen molar-refractivity contribution in [3.63, 3.8) is 0 Å². The van der Waals surface area contributed by atoms with Gasteiger partial charge >= 0.3 is 12.1 Å². The SMILES string of the molecule is CC(c1c(F)cccc1F)=S(=O)(NC(=O)C(F)(F)F)C1=NOC(C)(C)C1. The Morgan fingerprint density at radius 3 is 2.23 bits per heavy atom. The summed E-state index contributed by atoms with van der Waals surface area (Å²) in [4.78, 5) is 15.7. The summed E-state index contributed by atoms with van der Waals surface area (Å²) in [6, 6.07) is 2.74. The molecule has 1 aromatic rings. The van der Waals surface area contributed by atoms with Gasteiger partial charge in [0.05, 0.1) is 5.56 Å².